The number of nitrogens with zero attached hydrogens (tertiary/aromatic N) is 3. The molecule has 16 heavy (non-hydrogen) atoms. The molecular formula is C10H17N3O3. The third-order valence-corrected chi connectivity index (χ3v) is 2.07. The van der Waals surface area contributed by atoms with E-state index >= 15 is 0 Å². The number of aromatic nitrogens is 2. The van der Waals surface area contributed by atoms with Crippen LogP contribution in [0.2, 0.25) is 0 Å². The van der Waals surface area contributed by atoms with Crippen molar-refractivity contribution in [3.05, 3.63) is 22.1 Å². The van der Waals surface area contributed by atoms with E-state index < -0.39 is 4.92 Å². The summed E-state index contributed by atoms with van der Waals surface area (Å²) in [5.74, 6) is 0.638. The van der Waals surface area contributed by atoms with Gasteiger partial charge in [-0.1, -0.05) is 0 Å². The van der Waals surface area contributed by atoms with Gasteiger partial charge in [-0.25, -0.2) is 9.55 Å². The first-order valence-corrected chi connectivity index (χ1v) is 5.12. The van der Waals surface area contributed by atoms with Crippen molar-refractivity contribution >= 4 is 5.82 Å². The predicted octanol–water partition coefficient (Wildman–Crippen LogP) is 1.91. The van der Waals surface area contributed by atoms with Crippen LogP contribution in [0.25, 0.3) is 0 Å². The van der Waals surface area contributed by atoms with E-state index in [9.17, 15) is 10.1 Å². The van der Waals surface area contributed by atoms with E-state index in [0.29, 0.717) is 19.0 Å². The van der Waals surface area contributed by atoms with Crippen molar-refractivity contribution in [1.29, 1.82) is 0 Å². The van der Waals surface area contributed by atoms with Crippen LogP contribution < -0.4 is 0 Å². The third kappa shape index (κ3) is 3.30. The normalized spacial score (nSPS) is 11.8. The number of rotatable bonds is 4. The minimum absolute atomic E-state index is 0.00927. The highest BCUT2D eigenvalue weighted by Gasteiger charge is 2.18. The van der Waals surface area contributed by atoms with Gasteiger partial charge in [-0.3, -0.25) is 0 Å². The van der Waals surface area contributed by atoms with E-state index in [1.54, 1.807) is 11.5 Å². The Morgan fingerprint density at radius 2 is 2.19 bits per heavy atom. The molecule has 90 valence electrons. The van der Waals surface area contributed by atoms with Gasteiger partial charge in [0.1, 0.15) is 12.7 Å². The lowest BCUT2D eigenvalue weighted by Gasteiger charge is -2.18. The van der Waals surface area contributed by atoms with Crippen LogP contribution in [0.15, 0.2) is 6.20 Å². The molecule has 0 aromatic carbocycles. The maximum atomic E-state index is 10.7. The molecule has 0 atom stereocenters. The molecule has 0 spiro atoms. The molecule has 0 fully saturated rings. The summed E-state index contributed by atoms with van der Waals surface area (Å²) in [4.78, 5) is 14.2. The van der Waals surface area contributed by atoms with Gasteiger partial charge in [0.25, 0.3) is 0 Å². The third-order valence-electron chi connectivity index (χ3n) is 2.07. The second-order valence-corrected chi connectivity index (χ2v) is 4.53. The molecule has 0 unspecified atom stereocenters. The average Bonchev–Trinajstić information content (AvgIpc) is 2.46. The van der Waals surface area contributed by atoms with E-state index in [1.807, 2.05) is 20.8 Å². The summed E-state index contributed by atoms with van der Waals surface area (Å²) < 4.78 is 7.07. The predicted molar refractivity (Wildman–Crippen MR) is 59.3 cm³/mol. The largest absolute Gasteiger partial charge is 0.372 e. The Labute approximate surface area is 94.4 Å². The van der Waals surface area contributed by atoms with Gasteiger partial charge < -0.3 is 14.9 Å². The first-order valence-electron chi connectivity index (χ1n) is 5.12. The molecule has 0 N–H and O–H groups in total. The number of imidazole rings is 1. The van der Waals surface area contributed by atoms with E-state index in [1.165, 1.54) is 6.20 Å². The molecule has 1 aromatic rings. The van der Waals surface area contributed by atoms with Crippen LogP contribution in [0.4, 0.5) is 5.82 Å². The monoisotopic (exact) mass is 227 g/mol. The molecule has 0 saturated heterocycles. The minimum atomic E-state index is -0.433. The van der Waals surface area contributed by atoms with Gasteiger partial charge in [0, 0.05) is 6.92 Å². The quantitative estimate of drug-likeness (QED) is 0.582. The zero-order valence-corrected chi connectivity index (χ0v) is 10.1. The van der Waals surface area contributed by atoms with E-state index in [-0.39, 0.29) is 11.4 Å². The maximum Gasteiger partial charge on any atom is 0.342 e. The van der Waals surface area contributed by atoms with Gasteiger partial charge in [-0.15, -0.1) is 0 Å². The van der Waals surface area contributed by atoms with Crippen LogP contribution in [0, 0.1) is 17.0 Å². The number of aryl methyl sites for hydroxylation is 1. The molecule has 0 aliphatic heterocycles. The van der Waals surface area contributed by atoms with Crippen LogP contribution in [0.5, 0.6) is 0 Å². The molecular weight excluding hydrogens is 210 g/mol. The average molecular weight is 227 g/mol. The van der Waals surface area contributed by atoms with Crippen LogP contribution in [0.3, 0.4) is 0 Å². The Morgan fingerprint density at radius 1 is 1.56 bits per heavy atom. The van der Waals surface area contributed by atoms with Crippen LogP contribution >= 0.6 is 0 Å². The number of hydrogen-bond donors (Lipinski definition) is 0. The SMILES string of the molecule is Cc1ncc([N+](=O)[O-])n1CCOC(C)(C)C. The fraction of sp³-hybridized carbons (Fsp3) is 0.700. The molecule has 0 amide bonds. The summed E-state index contributed by atoms with van der Waals surface area (Å²) in [7, 11) is 0. The van der Waals surface area contributed by atoms with Gasteiger partial charge in [0.2, 0.25) is 0 Å². The van der Waals surface area contributed by atoms with Gasteiger partial charge >= 0.3 is 5.82 Å². The Kier molecular flexibility index (Phi) is 3.64. The van der Waals surface area contributed by atoms with Crippen LogP contribution in [-0.2, 0) is 11.3 Å². The van der Waals surface area contributed by atoms with Gasteiger partial charge in [0.05, 0.1) is 12.2 Å². The van der Waals surface area contributed by atoms with Crippen molar-refractivity contribution in [3.8, 4) is 0 Å². The summed E-state index contributed by atoms with van der Waals surface area (Å²) in [6.45, 7) is 8.46. The maximum absolute atomic E-state index is 10.7. The van der Waals surface area contributed by atoms with Gasteiger partial charge in [-0.2, -0.15) is 0 Å². The number of nitro groups is 1. The second-order valence-electron chi connectivity index (χ2n) is 4.53. The van der Waals surface area contributed by atoms with Crippen molar-refractivity contribution in [3.63, 3.8) is 0 Å². The summed E-state index contributed by atoms with van der Waals surface area (Å²) in [5.41, 5.74) is -0.233. The van der Waals surface area contributed by atoms with E-state index in [0.717, 1.165) is 0 Å². The first-order chi connectivity index (χ1) is 7.31. The topological polar surface area (TPSA) is 70.2 Å². The van der Waals surface area contributed by atoms with E-state index in [2.05, 4.69) is 4.98 Å². The Balaban J connectivity index is 2.66. The number of ether oxygens (including phenoxy) is 1. The second kappa shape index (κ2) is 4.61. The minimum Gasteiger partial charge on any atom is -0.372 e. The highest BCUT2D eigenvalue weighted by molar-refractivity contribution is 5.18. The lowest BCUT2D eigenvalue weighted by Crippen LogP contribution is -2.22. The van der Waals surface area contributed by atoms with Crippen molar-refractivity contribution in [2.75, 3.05) is 6.61 Å². The highest BCUT2D eigenvalue weighted by Crippen LogP contribution is 2.14. The van der Waals surface area contributed by atoms with E-state index in [4.69, 9.17) is 4.74 Å². The molecule has 0 bridgehead atoms. The Bertz CT molecular complexity index is 379. The Hall–Kier alpha value is -1.43. The first kappa shape index (κ1) is 12.6. The van der Waals surface area contributed by atoms with Gasteiger partial charge in [0.15, 0.2) is 5.82 Å². The fourth-order valence-corrected chi connectivity index (χ4v) is 1.32. The molecule has 0 radical (unpaired) electrons. The van der Waals surface area contributed by atoms with Gasteiger partial charge in [-0.05, 0) is 25.7 Å². The fourth-order valence-electron chi connectivity index (χ4n) is 1.32. The van der Waals surface area contributed by atoms with Crippen molar-refractivity contribution in [2.24, 2.45) is 0 Å². The molecule has 6 nitrogen and oxygen atoms in total. The molecule has 1 rings (SSSR count). The van der Waals surface area contributed by atoms with Crippen molar-refractivity contribution in [2.45, 2.75) is 39.8 Å². The summed E-state index contributed by atoms with van der Waals surface area (Å²) in [6.07, 6.45) is 1.27. The lowest BCUT2D eigenvalue weighted by molar-refractivity contribution is -0.392. The lowest BCUT2D eigenvalue weighted by atomic mass is 10.2. The van der Waals surface area contributed by atoms with Crippen LogP contribution in [-0.4, -0.2) is 26.7 Å². The Morgan fingerprint density at radius 3 is 2.69 bits per heavy atom. The summed E-state index contributed by atoms with van der Waals surface area (Å²) >= 11 is 0. The molecule has 1 heterocycles. The zero-order valence-electron chi connectivity index (χ0n) is 10.1. The zero-order chi connectivity index (χ0) is 12.3. The molecule has 0 aliphatic rings. The molecule has 0 saturated carbocycles. The number of hydrogen-bond acceptors (Lipinski definition) is 4. The van der Waals surface area contributed by atoms with Crippen LogP contribution in [0.1, 0.15) is 26.6 Å². The standard InChI is InChI=1S/C10H17N3O3/c1-8-11-7-9(13(14)15)12(8)5-6-16-10(2,3)4/h7H,5-6H2,1-4H3. The summed E-state index contributed by atoms with van der Waals surface area (Å²) in [6, 6.07) is 0. The molecule has 1 aromatic heterocycles. The molecule has 6 heteroatoms. The van der Waals surface area contributed by atoms with Crippen molar-refractivity contribution in [1.82, 2.24) is 9.55 Å². The van der Waals surface area contributed by atoms with Crippen molar-refractivity contribution < 1.29 is 9.66 Å². The smallest absolute Gasteiger partial charge is 0.342 e. The highest BCUT2D eigenvalue weighted by atomic mass is 16.6. The summed E-state index contributed by atoms with van der Waals surface area (Å²) in [5, 5.41) is 10.7. The molecule has 0 aliphatic carbocycles.